The molecule has 1 N–H and O–H groups in total. The minimum absolute atomic E-state index is 0.0500. The van der Waals surface area contributed by atoms with Gasteiger partial charge < -0.3 is 14.7 Å². The molecule has 0 radical (unpaired) electrons. The van der Waals surface area contributed by atoms with Crippen LogP contribution in [0, 0.1) is 5.41 Å². The molecule has 0 aliphatic carbocycles. The number of nitrogens with zero attached hydrogens (tertiary/aromatic N) is 2. The first kappa shape index (κ1) is 11.3. The summed E-state index contributed by atoms with van der Waals surface area (Å²) in [4.78, 5) is 4.93. The monoisotopic (exact) mass is 214 g/mol. The van der Waals surface area contributed by atoms with E-state index in [1.54, 1.807) is 0 Å². The van der Waals surface area contributed by atoms with Crippen LogP contribution in [0.1, 0.15) is 6.92 Å². The van der Waals surface area contributed by atoms with Gasteiger partial charge in [0.05, 0.1) is 25.2 Å². The normalized spacial score (nSPS) is 27.6. The highest BCUT2D eigenvalue weighted by Gasteiger charge is 2.39. The van der Waals surface area contributed by atoms with Gasteiger partial charge in [-0.05, 0) is 6.54 Å². The maximum atomic E-state index is 9.35. The molecule has 4 nitrogen and oxygen atoms in total. The molecule has 0 amide bonds. The summed E-state index contributed by atoms with van der Waals surface area (Å²) in [5.74, 6) is 0. The smallest absolute Gasteiger partial charge is 0.0579 e. The first-order valence-electron chi connectivity index (χ1n) is 5.91. The fraction of sp³-hybridized carbons (Fsp3) is 1.00. The fourth-order valence-electron chi connectivity index (χ4n) is 2.36. The van der Waals surface area contributed by atoms with E-state index < -0.39 is 0 Å². The van der Waals surface area contributed by atoms with Gasteiger partial charge in [0.15, 0.2) is 0 Å². The second-order valence-electron chi connectivity index (χ2n) is 4.86. The average Bonchev–Trinajstić information content (AvgIpc) is 2.24. The summed E-state index contributed by atoms with van der Waals surface area (Å²) in [6, 6.07) is 0. The van der Waals surface area contributed by atoms with E-state index in [0.29, 0.717) is 0 Å². The molecule has 0 bridgehead atoms. The zero-order valence-electron chi connectivity index (χ0n) is 9.61. The maximum absolute atomic E-state index is 9.35. The number of aliphatic hydroxyl groups excluding tert-OH is 1. The van der Waals surface area contributed by atoms with Crippen molar-refractivity contribution in [3.8, 4) is 0 Å². The molecule has 2 aliphatic heterocycles. The molecule has 0 aromatic carbocycles. The summed E-state index contributed by atoms with van der Waals surface area (Å²) in [7, 11) is 0. The summed E-state index contributed by atoms with van der Waals surface area (Å²) in [6.45, 7) is 10.7. The number of hydrogen-bond donors (Lipinski definition) is 1. The third-order valence-electron chi connectivity index (χ3n) is 3.62. The molecule has 0 aromatic rings. The number of hydrogen-bond acceptors (Lipinski definition) is 4. The van der Waals surface area contributed by atoms with E-state index in [2.05, 4.69) is 16.7 Å². The van der Waals surface area contributed by atoms with Crippen LogP contribution in [0.2, 0.25) is 0 Å². The summed E-state index contributed by atoms with van der Waals surface area (Å²) >= 11 is 0. The van der Waals surface area contributed by atoms with E-state index in [1.807, 2.05) is 0 Å². The Morgan fingerprint density at radius 2 is 1.73 bits per heavy atom. The van der Waals surface area contributed by atoms with Gasteiger partial charge in [-0.3, -0.25) is 4.90 Å². The first-order chi connectivity index (χ1) is 7.28. The Labute approximate surface area is 91.8 Å². The number of ether oxygens (including phenoxy) is 1. The molecule has 0 aromatic heterocycles. The third kappa shape index (κ3) is 2.50. The van der Waals surface area contributed by atoms with Crippen LogP contribution in [-0.4, -0.2) is 74.0 Å². The van der Waals surface area contributed by atoms with E-state index in [1.165, 1.54) is 13.1 Å². The molecule has 0 saturated carbocycles. The third-order valence-corrected chi connectivity index (χ3v) is 3.62. The van der Waals surface area contributed by atoms with Gasteiger partial charge in [0.25, 0.3) is 0 Å². The lowest BCUT2D eigenvalue weighted by Crippen LogP contribution is -2.56. The standard InChI is InChI=1S/C11H22N2O2/c1-2-12-3-5-13(6-4-12)7-11(8-14)9-15-10-11/h14H,2-10H2,1H3. The Morgan fingerprint density at radius 3 is 2.13 bits per heavy atom. The van der Waals surface area contributed by atoms with Crippen LogP contribution >= 0.6 is 0 Å². The fourth-order valence-corrected chi connectivity index (χ4v) is 2.36. The number of aliphatic hydroxyl groups is 1. The van der Waals surface area contributed by atoms with E-state index in [0.717, 1.165) is 39.4 Å². The predicted octanol–water partition coefficient (Wildman–Crippen LogP) is -0.367. The quantitative estimate of drug-likeness (QED) is 0.693. The Hall–Kier alpha value is -0.160. The largest absolute Gasteiger partial charge is 0.396 e. The molecular formula is C11H22N2O2. The van der Waals surface area contributed by atoms with Gasteiger partial charge >= 0.3 is 0 Å². The molecule has 2 rings (SSSR count). The van der Waals surface area contributed by atoms with Gasteiger partial charge in [-0.1, -0.05) is 6.92 Å². The van der Waals surface area contributed by atoms with Crippen molar-refractivity contribution in [1.82, 2.24) is 9.80 Å². The molecular weight excluding hydrogens is 192 g/mol. The van der Waals surface area contributed by atoms with Crippen molar-refractivity contribution in [2.45, 2.75) is 6.92 Å². The van der Waals surface area contributed by atoms with Crippen LogP contribution in [0.3, 0.4) is 0 Å². The van der Waals surface area contributed by atoms with Crippen molar-refractivity contribution in [2.75, 3.05) is 59.1 Å². The summed E-state index contributed by atoms with van der Waals surface area (Å²) in [5, 5.41) is 9.35. The Kier molecular flexibility index (Phi) is 3.61. The van der Waals surface area contributed by atoms with E-state index in [4.69, 9.17) is 4.74 Å². The highest BCUT2D eigenvalue weighted by atomic mass is 16.5. The van der Waals surface area contributed by atoms with Crippen LogP contribution in [-0.2, 0) is 4.74 Å². The Morgan fingerprint density at radius 1 is 1.13 bits per heavy atom. The lowest BCUT2D eigenvalue weighted by atomic mass is 9.86. The van der Waals surface area contributed by atoms with Crippen molar-refractivity contribution in [3.05, 3.63) is 0 Å². The molecule has 4 heteroatoms. The molecule has 0 unspecified atom stereocenters. The van der Waals surface area contributed by atoms with E-state index >= 15 is 0 Å². The van der Waals surface area contributed by atoms with Crippen molar-refractivity contribution < 1.29 is 9.84 Å². The van der Waals surface area contributed by atoms with E-state index in [-0.39, 0.29) is 12.0 Å². The summed E-state index contributed by atoms with van der Waals surface area (Å²) in [6.07, 6.45) is 0. The average molecular weight is 214 g/mol. The SMILES string of the molecule is CCN1CCN(CC2(CO)COC2)CC1. The molecule has 2 saturated heterocycles. The Bertz CT molecular complexity index is 193. The predicted molar refractivity (Wildman–Crippen MR) is 58.9 cm³/mol. The molecule has 88 valence electrons. The van der Waals surface area contributed by atoms with Gasteiger partial charge in [0, 0.05) is 32.7 Å². The Balaban J connectivity index is 1.76. The van der Waals surface area contributed by atoms with Crippen LogP contribution in [0.4, 0.5) is 0 Å². The lowest BCUT2D eigenvalue weighted by Gasteiger charge is -2.45. The van der Waals surface area contributed by atoms with Gasteiger partial charge in [-0.2, -0.15) is 0 Å². The molecule has 15 heavy (non-hydrogen) atoms. The second kappa shape index (κ2) is 4.78. The topological polar surface area (TPSA) is 35.9 Å². The van der Waals surface area contributed by atoms with Crippen molar-refractivity contribution in [1.29, 1.82) is 0 Å². The molecule has 2 aliphatic rings. The van der Waals surface area contributed by atoms with Crippen LogP contribution in [0.5, 0.6) is 0 Å². The summed E-state index contributed by atoms with van der Waals surface area (Å²) < 4.78 is 5.22. The zero-order valence-corrected chi connectivity index (χ0v) is 9.61. The zero-order chi connectivity index (χ0) is 10.7. The number of likely N-dealkylation sites (N-methyl/N-ethyl adjacent to an activating group) is 1. The highest BCUT2D eigenvalue weighted by Crippen LogP contribution is 2.28. The minimum atomic E-state index is 0.0500. The molecule has 2 heterocycles. The van der Waals surface area contributed by atoms with Crippen LogP contribution in [0.15, 0.2) is 0 Å². The molecule has 0 spiro atoms. The molecule has 0 atom stereocenters. The summed E-state index contributed by atoms with van der Waals surface area (Å²) in [5.41, 5.74) is 0.0500. The number of rotatable bonds is 4. The highest BCUT2D eigenvalue weighted by molar-refractivity contribution is 4.89. The lowest BCUT2D eigenvalue weighted by molar-refractivity contribution is -0.150. The van der Waals surface area contributed by atoms with E-state index in [9.17, 15) is 5.11 Å². The van der Waals surface area contributed by atoms with Crippen LogP contribution < -0.4 is 0 Å². The molecule has 2 fully saturated rings. The van der Waals surface area contributed by atoms with Crippen molar-refractivity contribution in [3.63, 3.8) is 0 Å². The van der Waals surface area contributed by atoms with Crippen molar-refractivity contribution in [2.24, 2.45) is 5.41 Å². The first-order valence-corrected chi connectivity index (χ1v) is 5.91. The van der Waals surface area contributed by atoms with Crippen molar-refractivity contribution >= 4 is 0 Å². The second-order valence-corrected chi connectivity index (χ2v) is 4.86. The minimum Gasteiger partial charge on any atom is -0.396 e. The van der Waals surface area contributed by atoms with Crippen LogP contribution in [0.25, 0.3) is 0 Å². The van der Waals surface area contributed by atoms with Gasteiger partial charge in [0.2, 0.25) is 0 Å². The van der Waals surface area contributed by atoms with Gasteiger partial charge in [-0.25, -0.2) is 0 Å². The maximum Gasteiger partial charge on any atom is 0.0579 e. The number of piperazine rings is 1. The van der Waals surface area contributed by atoms with Gasteiger partial charge in [0.1, 0.15) is 0 Å². The van der Waals surface area contributed by atoms with Gasteiger partial charge in [-0.15, -0.1) is 0 Å².